The highest BCUT2D eigenvalue weighted by Gasteiger charge is 2.18. The zero-order valence-electron chi connectivity index (χ0n) is 10.4. The van der Waals surface area contributed by atoms with E-state index in [9.17, 15) is 4.79 Å². The number of amides is 1. The maximum absolute atomic E-state index is 11.9. The lowest BCUT2D eigenvalue weighted by Gasteiger charge is -2.21. The Morgan fingerprint density at radius 2 is 2.33 bits per heavy atom. The van der Waals surface area contributed by atoms with E-state index in [1.807, 2.05) is 19.2 Å². The summed E-state index contributed by atoms with van der Waals surface area (Å²) in [6.45, 7) is 1.87. The molecule has 0 bridgehead atoms. The predicted octanol–water partition coefficient (Wildman–Crippen LogP) is 1.40. The van der Waals surface area contributed by atoms with Crippen molar-refractivity contribution in [2.75, 3.05) is 12.9 Å². The first kappa shape index (κ1) is 14.6. The molecule has 18 heavy (non-hydrogen) atoms. The summed E-state index contributed by atoms with van der Waals surface area (Å²) in [5.41, 5.74) is 0.914. The van der Waals surface area contributed by atoms with Gasteiger partial charge in [0.15, 0.2) is 0 Å². The SMILES string of the molecule is CSC(CO)C(C)NC(=O)c1cccc(C#N)c1. The molecule has 0 aliphatic rings. The van der Waals surface area contributed by atoms with E-state index in [4.69, 9.17) is 10.4 Å². The van der Waals surface area contributed by atoms with Crippen LogP contribution >= 0.6 is 11.8 Å². The summed E-state index contributed by atoms with van der Waals surface area (Å²) in [7, 11) is 0. The number of nitriles is 1. The third-order valence-electron chi connectivity index (χ3n) is 2.65. The minimum absolute atomic E-state index is 0.0147. The second-order valence-electron chi connectivity index (χ2n) is 3.91. The molecule has 0 radical (unpaired) electrons. The Kier molecular flexibility index (Phi) is 5.69. The number of benzene rings is 1. The molecule has 0 fully saturated rings. The van der Waals surface area contributed by atoms with E-state index in [2.05, 4.69) is 5.32 Å². The van der Waals surface area contributed by atoms with Gasteiger partial charge >= 0.3 is 0 Å². The third kappa shape index (κ3) is 3.76. The van der Waals surface area contributed by atoms with Gasteiger partial charge in [0.05, 0.1) is 18.2 Å². The Balaban J connectivity index is 2.73. The predicted molar refractivity (Wildman–Crippen MR) is 72.5 cm³/mol. The molecule has 0 saturated heterocycles. The largest absolute Gasteiger partial charge is 0.395 e. The van der Waals surface area contributed by atoms with Crippen molar-refractivity contribution < 1.29 is 9.90 Å². The molecular weight excluding hydrogens is 248 g/mol. The van der Waals surface area contributed by atoms with Gasteiger partial charge in [-0.05, 0) is 31.4 Å². The molecule has 1 amide bonds. The summed E-state index contributed by atoms with van der Waals surface area (Å²) in [5.74, 6) is -0.230. The Morgan fingerprint density at radius 3 is 2.89 bits per heavy atom. The highest BCUT2D eigenvalue weighted by molar-refractivity contribution is 7.99. The van der Waals surface area contributed by atoms with Crippen LogP contribution < -0.4 is 5.32 Å². The molecule has 0 spiro atoms. The van der Waals surface area contributed by atoms with E-state index in [0.717, 1.165) is 0 Å². The number of thioether (sulfide) groups is 1. The second kappa shape index (κ2) is 7.04. The zero-order valence-corrected chi connectivity index (χ0v) is 11.2. The Labute approximate surface area is 111 Å². The van der Waals surface area contributed by atoms with Gasteiger partial charge in [-0.1, -0.05) is 6.07 Å². The maximum atomic E-state index is 11.9. The molecule has 1 aromatic carbocycles. The van der Waals surface area contributed by atoms with Crippen LogP contribution in [-0.4, -0.2) is 35.2 Å². The third-order valence-corrected chi connectivity index (χ3v) is 3.82. The normalized spacial score (nSPS) is 13.4. The topological polar surface area (TPSA) is 73.1 Å². The van der Waals surface area contributed by atoms with Crippen LogP contribution in [0.4, 0.5) is 0 Å². The van der Waals surface area contributed by atoms with E-state index < -0.39 is 0 Å². The van der Waals surface area contributed by atoms with Gasteiger partial charge in [-0.25, -0.2) is 0 Å². The molecule has 96 valence electrons. The number of rotatable bonds is 5. The van der Waals surface area contributed by atoms with Crippen molar-refractivity contribution in [2.45, 2.75) is 18.2 Å². The van der Waals surface area contributed by atoms with Crippen LogP contribution in [0, 0.1) is 11.3 Å². The number of hydrogen-bond acceptors (Lipinski definition) is 4. The quantitative estimate of drug-likeness (QED) is 0.843. The fraction of sp³-hybridized carbons (Fsp3) is 0.385. The van der Waals surface area contributed by atoms with Gasteiger partial charge in [0.1, 0.15) is 0 Å². The van der Waals surface area contributed by atoms with Gasteiger partial charge in [-0.2, -0.15) is 17.0 Å². The molecule has 1 aromatic rings. The first-order chi connectivity index (χ1) is 8.62. The summed E-state index contributed by atoms with van der Waals surface area (Å²) in [6, 6.07) is 8.40. The molecule has 2 unspecified atom stereocenters. The van der Waals surface area contributed by atoms with Gasteiger partial charge in [-0.15, -0.1) is 0 Å². The number of aliphatic hydroxyl groups excluding tert-OH is 1. The average molecular weight is 264 g/mol. The molecule has 0 saturated carbocycles. The van der Waals surface area contributed by atoms with Crippen molar-refractivity contribution in [3.05, 3.63) is 35.4 Å². The summed E-state index contributed by atoms with van der Waals surface area (Å²) in [6.07, 6.45) is 1.89. The van der Waals surface area contributed by atoms with Crippen LogP contribution in [-0.2, 0) is 0 Å². The monoisotopic (exact) mass is 264 g/mol. The standard InChI is InChI=1S/C13H16N2O2S/c1-9(12(8-16)18-2)15-13(17)11-5-3-4-10(6-11)7-14/h3-6,9,12,16H,8H2,1-2H3,(H,15,17). The van der Waals surface area contributed by atoms with Crippen molar-refractivity contribution >= 4 is 17.7 Å². The molecule has 1 rings (SSSR count). The maximum Gasteiger partial charge on any atom is 0.251 e. The minimum atomic E-state index is -0.230. The smallest absolute Gasteiger partial charge is 0.251 e. The fourth-order valence-electron chi connectivity index (χ4n) is 1.55. The first-order valence-electron chi connectivity index (χ1n) is 5.57. The summed E-state index contributed by atoms with van der Waals surface area (Å²) in [4.78, 5) is 11.9. The van der Waals surface area contributed by atoms with Gasteiger partial charge in [0.25, 0.3) is 5.91 Å². The van der Waals surface area contributed by atoms with Gasteiger partial charge in [0.2, 0.25) is 0 Å². The van der Waals surface area contributed by atoms with Crippen molar-refractivity contribution in [1.29, 1.82) is 5.26 Å². The number of nitrogens with zero attached hydrogens (tertiary/aromatic N) is 1. The Hall–Kier alpha value is -1.51. The molecule has 4 nitrogen and oxygen atoms in total. The van der Waals surface area contributed by atoms with E-state index >= 15 is 0 Å². The lowest BCUT2D eigenvalue weighted by Crippen LogP contribution is -2.41. The van der Waals surface area contributed by atoms with Crippen LogP contribution in [0.5, 0.6) is 0 Å². The molecular formula is C13H16N2O2S. The Bertz CT molecular complexity index is 453. The van der Waals surface area contributed by atoms with Gasteiger partial charge in [-0.3, -0.25) is 4.79 Å². The van der Waals surface area contributed by atoms with Crippen LogP contribution in [0.1, 0.15) is 22.8 Å². The molecule has 0 aliphatic heterocycles. The average Bonchev–Trinajstić information content (AvgIpc) is 2.40. The van der Waals surface area contributed by atoms with Crippen LogP contribution in [0.3, 0.4) is 0 Å². The number of nitrogens with one attached hydrogen (secondary N) is 1. The molecule has 0 heterocycles. The van der Waals surface area contributed by atoms with Gasteiger partial charge < -0.3 is 10.4 Å². The number of carbonyl (C=O) groups excluding carboxylic acids is 1. The summed E-state index contributed by atoms with van der Waals surface area (Å²) in [5, 5.41) is 20.7. The highest BCUT2D eigenvalue weighted by Crippen LogP contribution is 2.11. The van der Waals surface area contributed by atoms with Crippen molar-refractivity contribution in [1.82, 2.24) is 5.32 Å². The first-order valence-corrected chi connectivity index (χ1v) is 6.85. The second-order valence-corrected chi connectivity index (χ2v) is 4.99. The zero-order chi connectivity index (χ0) is 13.5. The summed E-state index contributed by atoms with van der Waals surface area (Å²) >= 11 is 1.51. The van der Waals surface area contributed by atoms with Crippen molar-refractivity contribution in [3.63, 3.8) is 0 Å². The van der Waals surface area contributed by atoms with Crippen molar-refractivity contribution in [2.24, 2.45) is 0 Å². The van der Waals surface area contributed by atoms with Gasteiger partial charge in [0, 0.05) is 16.9 Å². The molecule has 2 atom stereocenters. The van der Waals surface area contributed by atoms with Crippen LogP contribution in [0.2, 0.25) is 0 Å². The molecule has 5 heteroatoms. The van der Waals surface area contributed by atoms with E-state index in [0.29, 0.717) is 11.1 Å². The number of aliphatic hydroxyl groups is 1. The highest BCUT2D eigenvalue weighted by atomic mass is 32.2. The van der Waals surface area contributed by atoms with E-state index in [1.165, 1.54) is 11.8 Å². The van der Waals surface area contributed by atoms with E-state index in [1.54, 1.807) is 24.3 Å². The molecule has 0 aromatic heterocycles. The van der Waals surface area contributed by atoms with Crippen molar-refractivity contribution in [3.8, 4) is 6.07 Å². The fourth-order valence-corrected chi connectivity index (χ4v) is 2.18. The lowest BCUT2D eigenvalue weighted by molar-refractivity contribution is 0.0936. The molecule has 0 aliphatic carbocycles. The van der Waals surface area contributed by atoms with E-state index in [-0.39, 0.29) is 23.8 Å². The Morgan fingerprint density at radius 1 is 1.61 bits per heavy atom. The minimum Gasteiger partial charge on any atom is -0.395 e. The van der Waals surface area contributed by atoms with Crippen LogP contribution in [0.25, 0.3) is 0 Å². The lowest BCUT2D eigenvalue weighted by atomic mass is 10.1. The van der Waals surface area contributed by atoms with Crippen LogP contribution in [0.15, 0.2) is 24.3 Å². The molecule has 2 N–H and O–H groups in total. The number of hydrogen-bond donors (Lipinski definition) is 2. The number of carbonyl (C=O) groups is 1. The summed E-state index contributed by atoms with van der Waals surface area (Å²) < 4.78 is 0.